The average Bonchev–Trinajstić information content (AvgIpc) is 3.22. The Labute approximate surface area is 168 Å². The van der Waals surface area contributed by atoms with Gasteiger partial charge in [-0.15, -0.1) is 0 Å². The van der Waals surface area contributed by atoms with Crippen LogP contribution in [0.2, 0.25) is 0 Å². The molecule has 3 aromatic rings. The minimum absolute atomic E-state index is 0.0956. The smallest absolute Gasteiger partial charge is 0.257 e. The number of benzene rings is 2. The molecule has 0 bridgehead atoms. The summed E-state index contributed by atoms with van der Waals surface area (Å²) in [6, 6.07) is 14.0. The fraction of sp³-hybridized carbons (Fsp3) is 0.273. The van der Waals surface area contributed by atoms with Crippen LogP contribution in [0.4, 0.5) is 4.39 Å². The third-order valence-corrected chi connectivity index (χ3v) is 5.12. The third kappa shape index (κ3) is 4.30. The Morgan fingerprint density at radius 3 is 2.86 bits per heavy atom. The van der Waals surface area contributed by atoms with Crippen LogP contribution in [0.3, 0.4) is 0 Å². The van der Waals surface area contributed by atoms with E-state index < -0.39 is 0 Å². The van der Waals surface area contributed by atoms with Gasteiger partial charge in [-0.25, -0.2) is 4.39 Å². The first-order valence-electron chi connectivity index (χ1n) is 9.56. The van der Waals surface area contributed by atoms with Gasteiger partial charge in [0.15, 0.2) is 0 Å². The molecule has 0 saturated carbocycles. The molecule has 1 saturated heterocycles. The lowest BCUT2D eigenvalue weighted by Gasteiger charge is -2.36. The van der Waals surface area contributed by atoms with E-state index in [-0.39, 0.29) is 17.8 Å². The van der Waals surface area contributed by atoms with Gasteiger partial charge in [0.1, 0.15) is 11.6 Å². The molecule has 7 heteroatoms. The van der Waals surface area contributed by atoms with Crippen molar-refractivity contribution in [1.82, 2.24) is 20.0 Å². The lowest BCUT2D eigenvalue weighted by molar-refractivity contribution is 0.0634. The molecule has 1 N–H and O–H groups in total. The van der Waals surface area contributed by atoms with Crippen molar-refractivity contribution >= 4 is 5.91 Å². The fourth-order valence-electron chi connectivity index (χ4n) is 3.60. The van der Waals surface area contributed by atoms with Crippen LogP contribution < -0.4 is 10.1 Å². The number of aromatic nitrogens is 2. The molecule has 0 radical (unpaired) electrons. The van der Waals surface area contributed by atoms with Gasteiger partial charge in [-0.05, 0) is 35.4 Å². The number of carbonyl (C=O) groups is 1. The molecule has 2 aromatic carbocycles. The summed E-state index contributed by atoms with van der Waals surface area (Å²) in [7, 11) is 1.63. The summed E-state index contributed by atoms with van der Waals surface area (Å²) in [5.41, 5.74) is 2.38. The van der Waals surface area contributed by atoms with Crippen molar-refractivity contribution in [2.45, 2.75) is 12.6 Å². The van der Waals surface area contributed by atoms with Crippen molar-refractivity contribution in [2.75, 3.05) is 26.7 Å². The number of piperazine rings is 1. The second-order valence-electron chi connectivity index (χ2n) is 7.05. The summed E-state index contributed by atoms with van der Waals surface area (Å²) < 4.78 is 20.6. The van der Waals surface area contributed by atoms with Gasteiger partial charge in [-0.2, -0.15) is 5.10 Å². The number of hydrogen-bond acceptors (Lipinski definition) is 4. The lowest BCUT2D eigenvalue weighted by Crippen LogP contribution is -2.48. The summed E-state index contributed by atoms with van der Waals surface area (Å²) in [5.74, 6) is 0.404. The van der Waals surface area contributed by atoms with Gasteiger partial charge in [-0.3, -0.25) is 9.48 Å². The number of nitrogens with one attached hydrogen (secondary N) is 1. The Kier molecular flexibility index (Phi) is 5.57. The third-order valence-electron chi connectivity index (χ3n) is 5.12. The first-order chi connectivity index (χ1) is 14.1. The molecule has 4 rings (SSSR count). The molecule has 1 amide bonds. The topological polar surface area (TPSA) is 59.4 Å². The zero-order valence-corrected chi connectivity index (χ0v) is 16.2. The van der Waals surface area contributed by atoms with E-state index in [9.17, 15) is 9.18 Å². The van der Waals surface area contributed by atoms with Gasteiger partial charge in [0.25, 0.3) is 5.91 Å². The van der Waals surface area contributed by atoms with Crippen molar-refractivity contribution in [3.8, 4) is 5.75 Å². The average molecular weight is 394 g/mol. The molecule has 1 fully saturated rings. The van der Waals surface area contributed by atoms with Gasteiger partial charge in [0.05, 0.1) is 31.5 Å². The Hall–Kier alpha value is -3.19. The summed E-state index contributed by atoms with van der Waals surface area (Å²) in [6.07, 6.45) is 3.35. The van der Waals surface area contributed by atoms with Crippen LogP contribution in [0.25, 0.3) is 0 Å². The molecule has 1 aromatic heterocycles. The molecular formula is C22H23FN4O2. The maximum Gasteiger partial charge on any atom is 0.257 e. The zero-order valence-electron chi connectivity index (χ0n) is 16.2. The van der Waals surface area contributed by atoms with Crippen LogP contribution >= 0.6 is 0 Å². The van der Waals surface area contributed by atoms with Crippen molar-refractivity contribution in [3.05, 3.63) is 83.4 Å². The first-order valence-corrected chi connectivity index (χ1v) is 9.56. The van der Waals surface area contributed by atoms with E-state index in [4.69, 9.17) is 4.74 Å². The molecule has 6 nitrogen and oxygen atoms in total. The Balaban J connectivity index is 1.50. The van der Waals surface area contributed by atoms with E-state index in [1.54, 1.807) is 35.2 Å². The molecule has 1 unspecified atom stereocenters. The van der Waals surface area contributed by atoms with Crippen LogP contribution in [0.5, 0.6) is 5.75 Å². The zero-order chi connectivity index (χ0) is 20.2. The van der Waals surface area contributed by atoms with E-state index >= 15 is 0 Å². The first kappa shape index (κ1) is 19.1. The molecule has 1 aliphatic heterocycles. The summed E-state index contributed by atoms with van der Waals surface area (Å²) in [5, 5.41) is 7.63. The summed E-state index contributed by atoms with van der Waals surface area (Å²) in [4.78, 5) is 14.9. The van der Waals surface area contributed by atoms with Crippen molar-refractivity contribution < 1.29 is 13.9 Å². The van der Waals surface area contributed by atoms with Gasteiger partial charge in [-0.1, -0.05) is 24.3 Å². The van der Waals surface area contributed by atoms with Crippen LogP contribution in [-0.4, -0.2) is 47.3 Å². The Morgan fingerprint density at radius 1 is 1.28 bits per heavy atom. The number of ether oxygens (including phenoxy) is 1. The van der Waals surface area contributed by atoms with Crippen molar-refractivity contribution in [3.63, 3.8) is 0 Å². The number of hydrogen-bond donors (Lipinski definition) is 1. The molecule has 1 aliphatic rings. The molecule has 29 heavy (non-hydrogen) atoms. The minimum atomic E-state index is -0.298. The SMILES string of the molecule is COc1ccc(Cn2cc(C(=O)N3CCNCC3c3cccc(F)c3)cn2)cc1. The predicted molar refractivity (Wildman–Crippen MR) is 107 cm³/mol. The van der Waals surface area contributed by atoms with Crippen LogP contribution in [0.1, 0.15) is 27.5 Å². The summed E-state index contributed by atoms with van der Waals surface area (Å²) in [6.45, 7) is 2.42. The highest BCUT2D eigenvalue weighted by molar-refractivity contribution is 5.94. The number of nitrogens with zero attached hydrogens (tertiary/aromatic N) is 3. The Morgan fingerprint density at radius 2 is 2.10 bits per heavy atom. The fourth-order valence-corrected chi connectivity index (χ4v) is 3.60. The highest BCUT2D eigenvalue weighted by Crippen LogP contribution is 2.25. The maximum atomic E-state index is 13.7. The molecule has 150 valence electrons. The lowest BCUT2D eigenvalue weighted by atomic mass is 10.0. The van der Waals surface area contributed by atoms with Crippen LogP contribution in [-0.2, 0) is 6.54 Å². The number of halogens is 1. The van der Waals surface area contributed by atoms with Gasteiger partial charge in [0.2, 0.25) is 0 Å². The van der Waals surface area contributed by atoms with E-state index in [0.717, 1.165) is 16.9 Å². The number of methoxy groups -OCH3 is 1. The van der Waals surface area contributed by atoms with Gasteiger partial charge >= 0.3 is 0 Å². The molecule has 1 atom stereocenters. The van der Waals surface area contributed by atoms with Crippen LogP contribution in [0, 0.1) is 5.82 Å². The van der Waals surface area contributed by atoms with Crippen molar-refractivity contribution in [1.29, 1.82) is 0 Å². The largest absolute Gasteiger partial charge is 0.497 e. The Bertz CT molecular complexity index is 986. The number of carbonyl (C=O) groups excluding carboxylic acids is 1. The normalized spacial score (nSPS) is 16.6. The predicted octanol–water partition coefficient (Wildman–Crippen LogP) is 2.87. The van der Waals surface area contributed by atoms with E-state index in [1.807, 2.05) is 30.3 Å². The molecule has 0 aliphatic carbocycles. The van der Waals surface area contributed by atoms with Gasteiger partial charge in [0, 0.05) is 25.8 Å². The minimum Gasteiger partial charge on any atom is -0.497 e. The van der Waals surface area contributed by atoms with E-state index in [0.29, 0.717) is 31.7 Å². The van der Waals surface area contributed by atoms with Gasteiger partial charge < -0.3 is 15.0 Å². The maximum absolute atomic E-state index is 13.7. The molecular weight excluding hydrogens is 371 g/mol. The van der Waals surface area contributed by atoms with E-state index in [2.05, 4.69) is 10.4 Å². The molecule has 0 spiro atoms. The summed E-state index contributed by atoms with van der Waals surface area (Å²) >= 11 is 0. The van der Waals surface area contributed by atoms with Crippen molar-refractivity contribution in [2.24, 2.45) is 0 Å². The standard InChI is InChI=1S/C22H23FN4O2/c1-29-20-7-5-16(6-8-20)14-26-15-18(12-25-26)22(28)27-10-9-24-13-21(27)17-3-2-4-19(23)11-17/h2-8,11-12,15,21,24H,9-10,13-14H2,1H3. The second kappa shape index (κ2) is 8.45. The highest BCUT2D eigenvalue weighted by atomic mass is 19.1. The highest BCUT2D eigenvalue weighted by Gasteiger charge is 2.29. The van der Waals surface area contributed by atoms with Crippen LogP contribution in [0.15, 0.2) is 60.9 Å². The second-order valence-corrected chi connectivity index (χ2v) is 7.05. The number of rotatable bonds is 5. The number of amides is 1. The molecule has 2 heterocycles. The van der Waals surface area contributed by atoms with E-state index in [1.165, 1.54) is 12.1 Å². The quantitative estimate of drug-likeness (QED) is 0.723. The monoisotopic (exact) mass is 394 g/mol.